The molecule has 3 aromatic rings. The number of imide groups is 1. The molecule has 2 heterocycles. The van der Waals surface area contributed by atoms with E-state index in [1.165, 1.54) is 0 Å². The highest BCUT2D eigenvalue weighted by Gasteiger charge is 2.35. The third kappa shape index (κ3) is 4.72. The van der Waals surface area contributed by atoms with Crippen LogP contribution in [0.2, 0.25) is 5.02 Å². The summed E-state index contributed by atoms with van der Waals surface area (Å²) in [4.78, 5) is 39.0. The van der Waals surface area contributed by atoms with Gasteiger partial charge < -0.3 is 15.2 Å². The Hall–Kier alpha value is -3.84. The Balaban J connectivity index is 1.55. The summed E-state index contributed by atoms with van der Waals surface area (Å²) >= 11 is 6.32. The highest BCUT2D eigenvalue weighted by molar-refractivity contribution is 6.31. The van der Waals surface area contributed by atoms with Gasteiger partial charge in [0.05, 0.1) is 0 Å². The normalized spacial score (nSPS) is 14.5. The molecule has 4 rings (SSSR count). The Bertz CT molecular complexity index is 1370. The second-order valence-electron chi connectivity index (χ2n) is 8.48. The smallest absolute Gasteiger partial charge is 0.324 e. The molecule has 1 aliphatic rings. The lowest BCUT2D eigenvalue weighted by atomic mass is 10.1. The molecule has 2 N–H and O–H groups in total. The number of nitrogens with one attached hydrogen (secondary N) is 2. The summed E-state index contributed by atoms with van der Waals surface area (Å²) in [5, 5.41) is 6.06. The van der Waals surface area contributed by atoms with Crippen LogP contribution in [0.4, 0.5) is 10.5 Å². The van der Waals surface area contributed by atoms with Crippen molar-refractivity contribution in [3.63, 3.8) is 0 Å². The van der Waals surface area contributed by atoms with Crippen LogP contribution < -0.4 is 10.6 Å². The van der Waals surface area contributed by atoms with Crippen molar-refractivity contribution in [1.82, 2.24) is 14.8 Å². The average molecular weight is 491 g/mol. The highest BCUT2D eigenvalue weighted by atomic mass is 35.5. The molecule has 1 saturated heterocycles. The van der Waals surface area contributed by atoms with Gasteiger partial charge in [0.1, 0.15) is 12.2 Å². The molecule has 1 fully saturated rings. The standard InChI is InChI=1S/C27H27ClN4O3/c1-5-19-9-6-7-11-22(19)29-25(33)15-31-26(34)23(30-27(31)35)14-20-13-16(2)32(18(20)4)24-12-8-10-21(28)17(24)3/h6-14H,5,15H2,1-4H3,(H,29,33)(H,30,35)/b23-14+. The van der Waals surface area contributed by atoms with Gasteiger partial charge in [-0.05, 0) is 74.2 Å². The maximum atomic E-state index is 13.0. The Labute approximate surface area is 209 Å². The van der Waals surface area contributed by atoms with Gasteiger partial charge in [-0.15, -0.1) is 0 Å². The minimum absolute atomic E-state index is 0.125. The molecule has 35 heavy (non-hydrogen) atoms. The number of urea groups is 1. The van der Waals surface area contributed by atoms with Crippen molar-refractivity contribution in [2.75, 3.05) is 11.9 Å². The van der Waals surface area contributed by atoms with Gasteiger partial charge in [0, 0.05) is 27.8 Å². The lowest BCUT2D eigenvalue weighted by molar-refractivity contribution is -0.127. The average Bonchev–Trinajstić information content (AvgIpc) is 3.25. The monoisotopic (exact) mass is 490 g/mol. The number of hydrogen-bond donors (Lipinski definition) is 2. The Kier molecular flexibility index (Phi) is 6.80. The van der Waals surface area contributed by atoms with Crippen LogP contribution in [0.5, 0.6) is 0 Å². The number of benzene rings is 2. The van der Waals surface area contributed by atoms with Crippen molar-refractivity contribution in [3.05, 3.63) is 87.3 Å². The molecule has 1 aliphatic heterocycles. The predicted molar refractivity (Wildman–Crippen MR) is 138 cm³/mol. The van der Waals surface area contributed by atoms with Gasteiger partial charge in [0.15, 0.2) is 0 Å². The summed E-state index contributed by atoms with van der Waals surface area (Å²) in [5.41, 5.74) is 6.31. The molecule has 8 heteroatoms. The van der Waals surface area contributed by atoms with Gasteiger partial charge in [-0.25, -0.2) is 9.69 Å². The van der Waals surface area contributed by atoms with Crippen LogP contribution >= 0.6 is 11.6 Å². The van der Waals surface area contributed by atoms with E-state index < -0.39 is 17.8 Å². The second kappa shape index (κ2) is 9.80. The number of anilines is 1. The number of nitrogens with zero attached hydrogens (tertiary/aromatic N) is 2. The van der Waals surface area contributed by atoms with Gasteiger partial charge >= 0.3 is 6.03 Å². The number of amides is 4. The van der Waals surface area contributed by atoms with E-state index >= 15 is 0 Å². The van der Waals surface area contributed by atoms with Crippen LogP contribution in [0.1, 0.15) is 35.0 Å². The summed E-state index contributed by atoms with van der Waals surface area (Å²) in [6, 6.07) is 14.5. The fourth-order valence-corrected chi connectivity index (χ4v) is 4.47. The summed E-state index contributed by atoms with van der Waals surface area (Å²) < 4.78 is 2.06. The summed E-state index contributed by atoms with van der Waals surface area (Å²) in [6.45, 7) is 7.48. The lowest BCUT2D eigenvalue weighted by Crippen LogP contribution is -2.38. The number of para-hydroxylation sites is 1. The van der Waals surface area contributed by atoms with Gasteiger partial charge in [0.25, 0.3) is 5.91 Å². The Morgan fingerprint density at radius 3 is 2.57 bits per heavy atom. The summed E-state index contributed by atoms with van der Waals surface area (Å²) in [5.74, 6) is -0.983. The summed E-state index contributed by atoms with van der Waals surface area (Å²) in [7, 11) is 0. The van der Waals surface area contributed by atoms with E-state index in [4.69, 9.17) is 11.6 Å². The van der Waals surface area contributed by atoms with Crippen molar-refractivity contribution < 1.29 is 14.4 Å². The highest BCUT2D eigenvalue weighted by Crippen LogP contribution is 2.28. The number of carbonyl (C=O) groups is 3. The molecule has 0 spiro atoms. The van der Waals surface area contributed by atoms with E-state index in [1.807, 2.05) is 70.2 Å². The van der Waals surface area contributed by atoms with E-state index in [9.17, 15) is 14.4 Å². The first-order valence-electron chi connectivity index (χ1n) is 11.4. The zero-order valence-corrected chi connectivity index (χ0v) is 20.9. The molecule has 7 nitrogen and oxygen atoms in total. The summed E-state index contributed by atoms with van der Waals surface area (Å²) in [6.07, 6.45) is 2.39. The predicted octanol–water partition coefficient (Wildman–Crippen LogP) is 5.15. The molecule has 4 amide bonds. The second-order valence-corrected chi connectivity index (χ2v) is 8.89. The van der Waals surface area contributed by atoms with Crippen LogP contribution in [0.15, 0.2) is 54.2 Å². The molecule has 2 aromatic carbocycles. The van der Waals surface area contributed by atoms with Crippen LogP contribution in [0, 0.1) is 20.8 Å². The molecule has 1 aromatic heterocycles. The van der Waals surface area contributed by atoms with E-state index in [1.54, 1.807) is 12.1 Å². The van der Waals surface area contributed by atoms with Crippen LogP contribution in [-0.4, -0.2) is 33.9 Å². The number of aryl methyl sites for hydroxylation is 2. The zero-order valence-electron chi connectivity index (χ0n) is 20.1. The number of aromatic nitrogens is 1. The molecule has 180 valence electrons. The fourth-order valence-electron chi connectivity index (χ4n) is 4.30. The van der Waals surface area contributed by atoms with Crippen LogP contribution in [0.3, 0.4) is 0 Å². The topological polar surface area (TPSA) is 83.4 Å². The maximum absolute atomic E-state index is 13.0. The third-order valence-electron chi connectivity index (χ3n) is 6.19. The molecule has 0 radical (unpaired) electrons. The number of hydrogen-bond acceptors (Lipinski definition) is 3. The Morgan fingerprint density at radius 2 is 1.83 bits per heavy atom. The SMILES string of the molecule is CCc1ccccc1NC(=O)CN1C(=O)N/C(=C/c2cc(C)n(-c3cccc(Cl)c3C)c2C)C1=O. The fraction of sp³-hybridized carbons (Fsp3) is 0.222. The van der Waals surface area contributed by atoms with Gasteiger partial charge in [0.2, 0.25) is 5.91 Å². The first-order valence-corrected chi connectivity index (χ1v) is 11.8. The van der Waals surface area contributed by atoms with Crippen molar-refractivity contribution in [3.8, 4) is 5.69 Å². The van der Waals surface area contributed by atoms with Crippen LogP contribution in [-0.2, 0) is 16.0 Å². The van der Waals surface area contributed by atoms with Crippen molar-refractivity contribution in [2.45, 2.75) is 34.1 Å². The van der Waals surface area contributed by atoms with Crippen LogP contribution in [0.25, 0.3) is 11.8 Å². The van der Waals surface area contributed by atoms with E-state index in [0.29, 0.717) is 10.7 Å². The molecule has 0 atom stereocenters. The first-order chi connectivity index (χ1) is 16.7. The van der Waals surface area contributed by atoms with E-state index in [-0.39, 0.29) is 12.2 Å². The number of rotatable bonds is 6. The number of halogens is 1. The quantitative estimate of drug-likeness (QED) is 0.370. The van der Waals surface area contributed by atoms with Gasteiger partial charge in [-0.1, -0.05) is 42.8 Å². The number of carbonyl (C=O) groups excluding carboxylic acids is 3. The lowest BCUT2D eigenvalue weighted by Gasteiger charge is -2.14. The molecule has 0 unspecified atom stereocenters. The molecular formula is C27H27ClN4O3. The first kappa shape index (κ1) is 24.3. The third-order valence-corrected chi connectivity index (χ3v) is 6.60. The Morgan fingerprint density at radius 1 is 1.09 bits per heavy atom. The largest absolute Gasteiger partial charge is 0.329 e. The van der Waals surface area contributed by atoms with Crippen molar-refractivity contribution >= 4 is 41.2 Å². The van der Waals surface area contributed by atoms with Gasteiger partial charge in [-0.3, -0.25) is 9.59 Å². The van der Waals surface area contributed by atoms with Crippen molar-refractivity contribution in [2.24, 2.45) is 0 Å². The maximum Gasteiger partial charge on any atom is 0.329 e. The van der Waals surface area contributed by atoms with E-state index in [0.717, 1.165) is 45.1 Å². The minimum atomic E-state index is -0.625. The van der Waals surface area contributed by atoms with Gasteiger partial charge in [-0.2, -0.15) is 0 Å². The van der Waals surface area contributed by atoms with E-state index in [2.05, 4.69) is 15.2 Å². The molecule has 0 saturated carbocycles. The molecule has 0 aliphatic carbocycles. The molecular weight excluding hydrogens is 464 g/mol. The zero-order chi connectivity index (χ0) is 25.3. The van der Waals surface area contributed by atoms with Crippen molar-refractivity contribution in [1.29, 1.82) is 0 Å². The minimum Gasteiger partial charge on any atom is -0.324 e. The molecule has 0 bridgehead atoms.